The molecule has 6 nitrogen and oxygen atoms in total. The van der Waals surface area contributed by atoms with Gasteiger partial charge in [-0.25, -0.2) is 0 Å². The topological polar surface area (TPSA) is 73.6 Å². The van der Waals surface area contributed by atoms with Crippen LogP contribution >= 0.6 is 0 Å². The molecule has 1 N–H and O–H groups in total. The molecule has 0 amide bonds. The largest absolute Gasteiger partial charge is 0.493 e. The Bertz CT molecular complexity index is 774. The van der Waals surface area contributed by atoms with Crippen LogP contribution in [0.15, 0.2) is 35.4 Å². The van der Waals surface area contributed by atoms with Crippen LogP contribution in [0.3, 0.4) is 0 Å². The van der Waals surface area contributed by atoms with Gasteiger partial charge in [-0.1, -0.05) is 0 Å². The molecule has 0 aliphatic heterocycles. The zero-order chi connectivity index (χ0) is 17.9. The van der Waals surface area contributed by atoms with Crippen molar-refractivity contribution in [3.8, 4) is 17.2 Å². The molecule has 130 valence electrons. The molecule has 1 unspecified atom stereocenters. The van der Waals surface area contributed by atoms with E-state index >= 15 is 0 Å². The van der Waals surface area contributed by atoms with Gasteiger partial charge >= 0.3 is 6.18 Å². The lowest BCUT2D eigenvalue weighted by molar-refractivity contribution is -0.210. The number of aromatic nitrogens is 2. The molecule has 0 radical (unpaired) electrons. The maximum atomic E-state index is 12.3. The molecule has 0 saturated carbocycles. The number of aliphatic hydroxyl groups excluding tert-OH is 1. The minimum atomic E-state index is -4.77. The first-order valence-corrected chi connectivity index (χ1v) is 6.84. The smallest absolute Gasteiger partial charge is 0.417 e. The number of alkyl halides is 3. The van der Waals surface area contributed by atoms with Crippen LogP contribution in [-0.2, 0) is 0 Å². The Morgan fingerprint density at radius 2 is 2.04 bits per heavy atom. The molecule has 0 aliphatic carbocycles. The molecule has 0 fully saturated rings. The molecule has 2 rings (SSSR count). The fourth-order valence-corrected chi connectivity index (χ4v) is 1.90. The number of aliphatic hydroxyl groups is 1. The fourth-order valence-electron chi connectivity index (χ4n) is 1.90. The van der Waals surface area contributed by atoms with Crippen molar-refractivity contribution in [2.24, 2.45) is 0 Å². The minimum absolute atomic E-state index is 0.0170. The zero-order valence-electron chi connectivity index (χ0n) is 12.9. The molecule has 24 heavy (non-hydrogen) atoms. The number of methoxy groups -OCH3 is 1. The first kappa shape index (κ1) is 17.8. The van der Waals surface area contributed by atoms with Gasteiger partial charge in [-0.05, 0) is 19.1 Å². The summed E-state index contributed by atoms with van der Waals surface area (Å²) in [6, 6.07) is 4.29. The van der Waals surface area contributed by atoms with E-state index < -0.39 is 18.9 Å². The van der Waals surface area contributed by atoms with Gasteiger partial charge in [0.15, 0.2) is 17.6 Å². The number of ether oxygens (including phenoxy) is 2. The Kier molecular flexibility index (Phi) is 5.13. The summed E-state index contributed by atoms with van der Waals surface area (Å²) in [4.78, 5) is 15.9. The molecule has 0 saturated heterocycles. The summed E-state index contributed by atoms with van der Waals surface area (Å²) in [6.07, 6.45) is -4.47. The highest BCUT2D eigenvalue weighted by Gasteiger charge is 2.38. The molecular formula is C15H15F3N2O4. The average Bonchev–Trinajstić information content (AvgIpc) is 2.54. The van der Waals surface area contributed by atoms with Gasteiger partial charge in [0.25, 0.3) is 5.56 Å². The summed E-state index contributed by atoms with van der Waals surface area (Å²) >= 11 is 0. The van der Waals surface area contributed by atoms with E-state index in [1.807, 2.05) is 0 Å². The second-order valence-corrected chi connectivity index (χ2v) is 4.89. The highest BCUT2D eigenvalue weighted by Crippen LogP contribution is 2.30. The summed E-state index contributed by atoms with van der Waals surface area (Å²) in [7, 11) is 1.31. The maximum Gasteiger partial charge on any atom is 0.417 e. The highest BCUT2D eigenvalue weighted by atomic mass is 19.4. The van der Waals surface area contributed by atoms with Gasteiger partial charge in [0.05, 0.1) is 12.8 Å². The zero-order valence-corrected chi connectivity index (χ0v) is 12.9. The quantitative estimate of drug-likeness (QED) is 0.896. The van der Waals surface area contributed by atoms with E-state index in [-0.39, 0.29) is 17.1 Å². The number of rotatable bonds is 5. The number of halogens is 3. The minimum Gasteiger partial charge on any atom is -0.493 e. The van der Waals surface area contributed by atoms with Gasteiger partial charge in [0, 0.05) is 18.5 Å². The van der Waals surface area contributed by atoms with Gasteiger partial charge in [-0.2, -0.15) is 13.2 Å². The molecule has 1 aromatic heterocycles. The van der Waals surface area contributed by atoms with Crippen molar-refractivity contribution in [3.05, 3.63) is 46.6 Å². The van der Waals surface area contributed by atoms with E-state index in [1.54, 1.807) is 6.92 Å². The van der Waals surface area contributed by atoms with Gasteiger partial charge in [-0.3, -0.25) is 14.3 Å². The first-order chi connectivity index (χ1) is 11.2. The Morgan fingerprint density at radius 3 is 2.67 bits per heavy atom. The van der Waals surface area contributed by atoms with Crippen molar-refractivity contribution >= 4 is 0 Å². The number of hydrogen-bond donors (Lipinski definition) is 1. The Hall–Kier alpha value is -2.55. The lowest BCUT2D eigenvalue weighted by atomic mass is 10.2. The predicted molar refractivity (Wildman–Crippen MR) is 78.7 cm³/mol. The predicted octanol–water partition coefficient (Wildman–Crippen LogP) is 1.85. The van der Waals surface area contributed by atoms with Crippen LogP contribution in [0.1, 0.15) is 5.69 Å². The fraction of sp³-hybridized carbons (Fsp3) is 0.333. The molecule has 1 heterocycles. The summed E-state index contributed by atoms with van der Waals surface area (Å²) in [5.41, 5.74) is 0.400. The first-order valence-electron chi connectivity index (χ1n) is 6.84. The molecule has 0 bridgehead atoms. The summed E-state index contributed by atoms with van der Waals surface area (Å²) in [5, 5.41) is 8.97. The van der Waals surface area contributed by atoms with Gasteiger partial charge < -0.3 is 14.6 Å². The molecule has 1 aromatic carbocycles. The third-order valence-electron chi connectivity index (χ3n) is 3.21. The second kappa shape index (κ2) is 6.91. The lowest BCUT2D eigenvalue weighted by Crippen LogP contribution is -2.34. The van der Waals surface area contributed by atoms with E-state index in [2.05, 4.69) is 4.98 Å². The standard InChI is InChI=1S/C15H15F3N2O4/c1-9-14(22)20(6-5-19-9)10-3-4-11(12(7-10)23-2)24-8-13(21)15(16,17)18/h3-7,13,21H,8H2,1-2H3. The van der Waals surface area contributed by atoms with Crippen molar-refractivity contribution in [3.63, 3.8) is 0 Å². The van der Waals surface area contributed by atoms with Crippen LogP contribution in [0, 0.1) is 6.92 Å². The van der Waals surface area contributed by atoms with Gasteiger partial charge in [0.1, 0.15) is 12.3 Å². The number of benzene rings is 1. The molecule has 9 heteroatoms. The van der Waals surface area contributed by atoms with Gasteiger partial charge in [-0.15, -0.1) is 0 Å². The van der Waals surface area contributed by atoms with Crippen molar-refractivity contribution in [1.29, 1.82) is 0 Å². The normalized spacial score (nSPS) is 12.8. The monoisotopic (exact) mass is 344 g/mol. The average molecular weight is 344 g/mol. The van der Waals surface area contributed by atoms with Crippen LogP contribution < -0.4 is 15.0 Å². The molecule has 2 aromatic rings. The summed E-state index contributed by atoms with van der Waals surface area (Å²) < 4.78 is 48.3. The molecular weight excluding hydrogens is 329 g/mol. The maximum absolute atomic E-state index is 12.3. The van der Waals surface area contributed by atoms with Crippen molar-refractivity contribution in [2.75, 3.05) is 13.7 Å². The summed E-state index contributed by atoms with van der Waals surface area (Å²) in [6.45, 7) is 0.597. The van der Waals surface area contributed by atoms with Crippen LogP contribution in [-0.4, -0.2) is 40.7 Å². The molecule has 1 atom stereocenters. The number of hydrogen-bond acceptors (Lipinski definition) is 5. The molecule has 0 spiro atoms. The highest BCUT2D eigenvalue weighted by molar-refractivity contribution is 5.49. The SMILES string of the molecule is COc1cc(-n2ccnc(C)c2=O)ccc1OCC(O)C(F)(F)F. The van der Waals surface area contributed by atoms with E-state index in [4.69, 9.17) is 14.6 Å². The number of nitrogens with zero attached hydrogens (tertiary/aromatic N) is 2. The van der Waals surface area contributed by atoms with E-state index in [9.17, 15) is 18.0 Å². The van der Waals surface area contributed by atoms with Crippen LogP contribution in [0.25, 0.3) is 5.69 Å². The third kappa shape index (κ3) is 3.85. The second-order valence-electron chi connectivity index (χ2n) is 4.89. The van der Waals surface area contributed by atoms with Crippen molar-refractivity contribution in [2.45, 2.75) is 19.2 Å². The third-order valence-corrected chi connectivity index (χ3v) is 3.21. The van der Waals surface area contributed by atoms with E-state index in [0.29, 0.717) is 11.4 Å². The van der Waals surface area contributed by atoms with Crippen LogP contribution in [0.2, 0.25) is 0 Å². The summed E-state index contributed by atoms with van der Waals surface area (Å²) in [5.74, 6) is 0.145. The van der Waals surface area contributed by atoms with Crippen LogP contribution in [0.5, 0.6) is 11.5 Å². The Labute approximate surface area is 135 Å². The van der Waals surface area contributed by atoms with Crippen molar-refractivity contribution < 1.29 is 27.8 Å². The Morgan fingerprint density at radius 1 is 1.33 bits per heavy atom. The van der Waals surface area contributed by atoms with E-state index in [0.717, 1.165) is 0 Å². The number of aryl methyl sites for hydroxylation is 1. The van der Waals surface area contributed by atoms with Crippen molar-refractivity contribution in [1.82, 2.24) is 9.55 Å². The Balaban J connectivity index is 2.28. The molecule has 0 aliphatic rings. The van der Waals surface area contributed by atoms with Crippen LogP contribution in [0.4, 0.5) is 13.2 Å². The van der Waals surface area contributed by atoms with Gasteiger partial charge in [0.2, 0.25) is 0 Å². The van der Waals surface area contributed by atoms with E-state index in [1.165, 1.54) is 42.3 Å². The lowest BCUT2D eigenvalue weighted by Gasteiger charge is -2.17.